The van der Waals surface area contributed by atoms with Crippen LogP contribution < -0.4 is 5.32 Å². The molecule has 1 aromatic carbocycles. The van der Waals surface area contributed by atoms with Crippen LogP contribution in [0.25, 0.3) is 0 Å². The minimum Gasteiger partial charge on any atom is -0.394 e. The fourth-order valence-corrected chi connectivity index (χ4v) is 2.64. The molecule has 0 atom stereocenters. The highest BCUT2D eigenvalue weighted by Gasteiger charge is 2.34. The number of nitrogens with one attached hydrogen (secondary N) is 1. The maximum Gasteiger partial charge on any atom is 0.269 e. The van der Waals surface area contributed by atoms with Gasteiger partial charge in [0.2, 0.25) is 5.91 Å². The van der Waals surface area contributed by atoms with E-state index in [1.165, 1.54) is 12.1 Å². The number of rotatable bonds is 5. The lowest BCUT2D eigenvalue weighted by Crippen LogP contribution is -2.49. The summed E-state index contributed by atoms with van der Waals surface area (Å²) in [6.45, 7) is -0.0427. The average Bonchev–Trinajstić information content (AvgIpc) is 2.88. The van der Waals surface area contributed by atoms with Gasteiger partial charge >= 0.3 is 0 Å². The maximum atomic E-state index is 12.0. The summed E-state index contributed by atoms with van der Waals surface area (Å²) in [6, 6.07) is 5.94. The van der Waals surface area contributed by atoms with E-state index in [0.29, 0.717) is 0 Å². The number of nitro benzene ring substituents is 1. The van der Waals surface area contributed by atoms with E-state index < -0.39 is 10.5 Å². The van der Waals surface area contributed by atoms with Crippen LogP contribution in [-0.4, -0.2) is 28.1 Å². The number of hydrogen-bond acceptors (Lipinski definition) is 4. The monoisotopic (exact) mass is 278 g/mol. The molecule has 108 valence electrons. The Balaban J connectivity index is 1.95. The van der Waals surface area contributed by atoms with Crippen molar-refractivity contribution < 1.29 is 14.8 Å². The van der Waals surface area contributed by atoms with Gasteiger partial charge < -0.3 is 10.4 Å². The van der Waals surface area contributed by atoms with Crippen LogP contribution in [-0.2, 0) is 11.2 Å². The zero-order valence-corrected chi connectivity index (χ0v) is 11.2. The van der Waals surface area contributed by atoms with Gasteiger partial charge in [0.25, 0.3) is 5.69 Å². The quantitative estimate of drug-likeness (QED) is 0.631. The number of carbonyl (C=O) groups excluding carboxylic acids is 1. The second kappa shape index (κ2) is 6.00. The Bertz CT molecular complexity index is 492. The molecule has 0 heterocycles. The van der Waals surface area contributed by atoms with Gasteiger partial charge in [0, 0.05) is 12.1 Å². The van der Waals surface area contributed by atoms with E-state index in [9.17, 15) is 20.0 Å². The summed E-state index contributed by atoms with van der Waals surface area (Å²) in [4.78, 5) is 22.1. The molecule has 2 rings (SSSR count). The first-order valence-electron chi connectivity index (χ1n) is 6.70. The molecule has 1 aromatic rings. The van der Waals surface area contributed by atoms with E-state index in [0.717, 1.165) is 31.2 Å². The second-order valence-electron chi connectivity index (χ2n) is 5.29. The van der Waals surface area contributed by atoms with Crippen molar-refractivity contribution >= 4 is 11.6 Å². The first kappa shape index (κ1) is 14.5. The van der Waals surface area contributed by atoms with Crippen LogP contribution in [0, 0.1) is 10.1 Å². The summed E-state index contributed by atoms with van der Waals surface area (Å²) in [5.74, 6) is -0.158. The number of benzene rings is 1. The Kier molecular flexibility index (Phi) is 4.34. The number of hydrogen-bond donors (Lipinski definition) is 2. The number of carbonyl (C=O) groups is 1. The molecule has 0 radical (unpaired) electrons. The molecular formula is C14H18N2O4. The molecule has 6 heteroatoms. The van der Waals surface area contributed by atoms with Crippen molar-refractivity contribution in [3.05, 3.63) is 39.9 Å². The van der Waals surface area contributed by atoms with E-state index in [1.807, 2.05) is 0 Å². The topological polar surface area (TPSA) is 92.5 Å². The zero-order chi connectivity index (χ0) is 14.6. The molecule has 1 fully saturated rings. The fraction of sp³-hybridized carbons (Fsp3) is 0.500. The standard InChI is InChI=1S/C14H18N2O4/c17-10-14(7-1-2-8-14)15-13(18)9-11-3-5-12(6-4-11)16(19)20/h3-6,17H,1-2,7-10H2,(H,15,18). The molecule has 0 aromatic heterocycles. The third-order valence-corrected chi connectivity index (χ3v) is 3.78. The molecule has 1 amide bonds. The normalized spacial score (nSPS) is 16.9. The van der Waals surface area contributed by atoms with E-state index in [4.69, 9.17) is 0 Å². The van der Waals surface area contributed by atoms with E-state index in [-0.39, 0.29) is 24.6 Å². The molecule has 2 N–H and O–H groups in total. The summed E-state index contributed by atoms with van der Waals surface area (Å²) in [6.07, 6.45) is 3.79. The molecule has 6 nitrogen and oxygen atoms in total. The minimum absolute atomic E-state index is 0.0109. The Morgan fingerprint density at radius 3 is 2.40 bits per heavy atom. The minimum atomic E-state index is -0.474. The third-order valence-electron chi connectivity index (χ3n) is 3.78. The number of non-ortho nitro benzene ring substituents is 1. The van der Waals surface area contributed by atoms with Gasteiger partial charge in [-0.3, -0.25) is 14.9 Å². The maximum absolute atomic E-state index is 12.0. The lowest BCUT2D eigenvalue weighted by Gasteiger charge is -2.28. The molecule has 1 aliphatic rings. The van der Waals surface area contributed by atoms with Crippen molar-refractivity contribution in [1.29, 1.82) is 0 Å². The summed E-state index contributed by atoms with van der Waals surface area (Å²) in [5, 5.41) is 22.9. The Hall–Kier alpha value is -1.95. The van der Waals surface area contributed by atoms with Crippen LogP contribution in [0.4, 0.5) is 5.69 Å². The van der Waals surface area contributed by atoms with Gasteiger partial charge in [0.15, 0.2) is 0 Å². The third kappa shape index (κ3) is 3.33. The van der Waals surface area contributed by atoms with Gasteiger partial charge in [-0.1, -0.05) is 25.0 Å². The van der Waals surface area contributed by atoms with E-state index in [2.05, 4.69) is 5.32 Å². The van der Waals surface area contributed by atoms with Crippen LogP contribution in [0.3, 0.4) is 0 Å². The second-order valence-corrected chi connectivity index (χ2v) is 5.29. The first-order chi connectivity index (χ1) is 9.54. The highest BCUT2D eigenvalue weighted by molar-refractivity contribution is 5.79. The number of aliphatic hydroxyl groups excluding tert-OH is 1. The number of nitrogens with zero attached hydrogens (tertiary/aromatic N) is 1. The van der Waals surface area contributed by atoms with Gasteiger partial charge in [-0.25, -0.2) is 0 Å². The van der Waals surface area contributed by atoms with Crippen LogP contribution in [0.5, 0.6) is 0 Å². The van der Waals surface area contributed by atoms with Crippen molar-refractivity contribution in [1.82, 2.24) is 5.32 Å². The lowest BCUT2D eigenvalue weighted by molar-refractivity contribution is -0.384. The van der Waals surface area contributed by atoms with Crippen LogP contribution in [0.15, 0.2) is 24.3 Å². The SMILES string of the molecule is O=C(Cc1ccc([N+](=O)[O-])cc1)NC1(CO)CCCC1. The van der Waals surface area contributed by atoms with Gasteiger partial charge in [0.05, 0.1) is 23.5 Å². The van der Waals surface area contributed by atoms with Gasteiger partial charge in [-0.15, -0.1) is 0 Å². The molecular weight excluding hydrogens is 260 g/mol. The van der Waals surface area contributed by atoms with Crippen molar-refractivity contribution in [2.75, 3.05) is 6.61 Å². The fourth-order valence-electron chi connectivity index (χ4n) is 2.64. The largest absolute Gasteiger partial charge is 0.394 e. The number of aliphatic hydroxyl groups is 1. The van der Waals surface area contributed by atoms with E-state index >= 15 is 0 Å². The first-order valence-corrected chi connectivity index (χ1v) is 6.70. The molecule has 0 bridgehead atoms. The van der Waals surface area contributed by atoms with Gasteiger partial charge in [-0.2, -0.15) is 0 Å². The highest BCUT2D eigenvalue weighted by Crippen LogP contribution is 2.29. The summed E-state index contributed by atoms with van der Waals surface area (Å²) in [5.41, 5.74) is 0.258. The number of nitro groups is 1. The molecule has 0 saturated heterocycles. The Morgan fingerprint density at radius 1 is 1.30 bits per heavy atom. The molecule has 0 unspecified atom stereocenters. The molecule has 1 saturated carbocycles. The van der Waals surface area contributed by atoms with E-state index in [1.54, 1.807) is 12.1 Å². The predicted octanol–water partition coefficient (Wildman–Crippen LogP) is 1.56. The summed E-state index contributed by atoms with van der Waals surface area (Å²) < 4.78 is 0. The number of amides is 1. The van der Waals surface area contributed by atoms with Crippen molar-refractivity contribution in [3.63, 3.8) is 0 Å². The van der Waals surface area contributed by atoms with Gasteiger partial charge in [0.1, 0.15) is 0 Å². The summed E-state index contributed by atoms with van der Waals surface area (Å²) in [7, 11) is 0. The van der Waals surface area contributed by atoms with Crippen LogP contribution >= 0.6 is 0 Å². The van der Waals surface area contributed by atoms with Crippen molar-refractivity contribution in [2.24, 2.45) is 0 Å². The molecule has 20 heavy (non-hydrogen) atoms. The predicted molar refractivity (Wildman–Crippen MR) is 73.2 cm³/mol. The molecule has 1 aliphatic carbocycles. The Labute approximate surface area is 117 Å². The smallest absolute Gasteiger partial charge is 0.269 e. The molecule has 0 spiro atoms. The highest BCUT2D eigenvalue weighted by atomic mass is 16.6. The molecule has 0 aliphatic heterocycles. The van der Waals surface area contributed by atoms with Crippen LogP contribution in [0.2, 0.25) is 0 Å². The van der Waals surface area contributed by atoms with Crippen LogP contribution in [0.1, 0.15) is 31.2 Å². The van der Waals surface area contributed by atoms with Gasteiger partial charge in [-0.05, 0) is 18.4 Å². The summed E-state index contributed by atoms with van der Waals surface area (Å²) >= 11 is 0. The Morgan fingerprint density at radius 2 is 1.90 bits per heavy atom. The van der Waals surface area contributed by atoms with Crippen molar-refractivity contribution in [3.8, 4) is 0 Å². The van der Waals surface area contributed by atoms with Crippen molar-refractivity contribution in [2.45, 2.75) is 37.6 Å². The average molecular weight is 278 g/mol. The zero-order valence-electron chi connectivity index (χ0n) is 11.2. The lowest BCUT2D eigenvalue weighted by atomic mass is 9.98.